The van der Waals surface area contributed by atoms with Crippen LogP contribution in [0, 0.1) is 5.82 Å². The Morgan fingerprint density at radius 3 is 2.76 bits per heavy atom. The molecule has 0 aliphatic rings. The predicted molar refractivity (Wildman–Crippen MR) is 72.1 cm³/mol. The maximum Gasteiger partial charge on any atom is 0.142 e. The SMILES string of the molecule is OC(Cc1ccc(Cl)c(F)c1)c1csc(Br)c1. The molecule has 90 valence electrons. The van der Waals surface area contributed by atoms with Gasteiger partial charge in [-0.15, -0.1) is 11.3 Å². The predicted octanol–water partition coefficient (Wildman–Crippen LogP) is 4.58. The smallest absolute Gasteiger partial charge is 0.142 e. The molecule has 0 aliphatic heterocycles. The Bertz CT molecular complexity index is 529. The summed E-state index contributed by atoms with van der Waals surface area (Å²) in [5.41, 5.74) is 1.55. The van der Waals surface area contributed by atoms with Crippen LogP contribution in [0.5, 0.6) is 0 Å². The van der Waals surface area contributed by atoms with Gasteiger partial charge in [0, 0.05) is 6.42 Å². The van der Waals surface area contributed by atoms with Gasteiger partial charge >= 0.3 is 0 Å². The lowest BCUT2D eigenvalue weighted by molar-refractivity contribution is 0.179. The van der Waals surface area contributed by atoms with Crippen LogP contribution < -0.4 is 0 Å². The third-order valence-electron chi connectivity index (χ3n) is 2.39. The second kappa shape index (κ2) is 5.48. The fourth-order valence-electron chi connectivity index (χ4n) is 1.51. The van der Waals surface area contributed by atoms with Crippen molar-refractivity contribution in [3.8, 4) is 0 Å². The number of thiophene rings is 1. The largest absolute Gasteiger partial charge is 0.388 e. The van der Waals surface area contributed by atoms with E-state index >= 15 is 0 Å². The van der Waals surface area contributed by atoms with Gasteiger partial charge in [-0.25, -0.2) is 4.39 Å². The number of rotatable bonds is 3. The molecule has 1 nitrogen and oxygen atoms in total. The highest BCUT2D eigenvalue weighted by Gasteiger charge is 2.11. The van der Waals surface area contributed by atoms with Gasteiger partial charge in [-0.2, -0.15) is 0 Å². The first kappa shape index (κ1) is 13.0. The number of aliphatic hydroxyl groups is 1. The lowest BCUT2D eigenvalue weighted by Gasteiger charge is -2.09. The van der Waals surface area contributed by atoms with Gasteiger partial charge < -0.3 is 5.11 Å². The molecule has 0 saturated carbocycles. The van der Waals surface area contributed by atoms with Gasteiger partial charge in [0.25, 0.3) is 0 Å². The first-order chi connectivity index (χ1) is 8.06. The van der Waals surface area contributed by atoms with Crippen molar-refractivity contribution in [3.05, 3.63) is 55.4 Å². The molecule has 1 atom stereocenters. The van der Waals surface area contributed by atoms with Gasteiger partial charge in [0.1, 0.15) is 5.82 Å². The van der Waals surface area contributed by atoms with Crippen LogP contribution in [-0.4, -0.2) is 5.11 Å². The zero-order valence-corrected chi connectivity index (χ0v) is 11.8. The Morgan fingerprint density at radius 2 is 2.18 bits per heavy atom. The average Bonchev–Trinajstić information content (AvgIpc) is 2.70. The van der Waals surface area contributed by atoms with Crippen LogP contribution in [0.4, 0.5) is 4.39 Å². The highest BCUT2D eigenvalue weighted by Crippen LogP contribution is 2.27. The van der Waals surface area contributed by atoms with E-state index in [0.29, 0.717) is 6.42 Å². The highest BCUT2D eigenvalue weighted by atomic mass is 79.9. The Morgan fingerprint density at radius 1 is 1.41 bits per heavy atom. The normalized spacial score (nSPS) is 12.7. The summed E-state index contributed by atoms with van der Waals surface area (Å²) in [5, 5.41) is 12.0. The van der Waals surface area contributed by atoms with Crippen molar-refractivity contribution in [2.24, 2.45) is 0 Å². The van der Waals surface area contributed by atoms with E-state index in [1.807, 2.05) is 11.4 Å². The quantitative estimate of drug-likeness (QED) is 0.870. The summed E-state index contributed by atoms with van der Waals surface area (Å²) in [6, 6.07) is 6.44. The van der Waals surface area contributed by atoms with E-state index in [0.717, 1.165) is 14.9 Å². The molecule has 0 bridgehead atoms. The van der Waals surface area contributed by atoms with Crippen LogP contribution in [0.25, 0.3) is 0 Å². The van der Waals surface area contributed by atoms with Gasteiger partial charge in [-0.3, -0.25) is 0 Å². The van der Waals surface area contributed by atoms with Gasteiger partial charge in [-0.1, -0.05) is 17.7 Å². The van der Waals surface area contributed by atoms with E-state index in [1.165, 1.54) is 23.5 Å². The summed E-state index contributed by atoms with van der Waals surface area (Å²) >= 11 is 10.4. The molecule has 0 aliphatic carbocycles. The molecule has 0 fully saturated rings. The van der Waals surface area contributed by atoms with E-state index < -0.39 is 11.9 Å². The van der Waals surface area contributed by atoms with Crippen molar-refractivity contribution in [1.29, 1.82) is 0 Å². The van der Waals surface area contributed by atoms with Crippen LogP contribution in [0.3, 0.4) is 0 Å². The fourth-order valence-corrected chi connectivity index (χ4v) is 2.85. The molecule has 1 aromatic heterocycles. The molecule has 1 unspecified atom stereocenters. The summed E-state index contributed by atoms with van der Waals surface area (Å²) < 4.78 is 14.2. The molecule has 0 amide bonds. The monoisotopic (exact) mass is 334 g/mol. The first-order valence-electron chi connectivity index (χ1n) is 4.92. The number of aliphatic hydroxyl groups excluding tert-OH is 1. The fraction of sp³-hybridized carbons (Fsp3) is 0.167. The lowest BCUT2D eigenvalue weighted by Crippen LogP contribution is -2.00. The molecular formula is C12H9BrClFOS. The van der Waals surface area contributed by atoms with Crippen LogP contribution in [0.2, 0.25) is 5.02 Å². The van der Waals surface area contributed by atoms with Crippen LogP contribution in [-0.2, 0) is 6.42 Å². The van der Waals surface area contributed by atoms with Crippen LogP contribution in [0.1, 0.15) is 17.2 Å². The molecule has 2 rings (SSSR count). The Kier molecular flexibility index (Phi) is 4.20. The lowest BCUT2D eigenvalue weighted by atomic mass is 10.0. The van der Waals surface area contributed by atoms with Gasteiger partial charge in [0.2, 0.25) is 0 Å². The van der Waals surface area contributed by atoms with Crippen LogP contribution >= 0.6 is 38.9 Å². The standard InChI is InChI=1S/C12H9BrClFOS/c13-12-5-8(6-17-12)11(16)4-7-1-2-9(14)10(15)3-7/h1-3,5-6,11,16H,4H2. The van der Waals surface area contributed by atoms with Crippen LogP contribution in [0.15, 0.2) is 33.4 Å². The molecule has 0 radical (unpaired) electrons. The summed E-state index contributed by atoms with van der Waals surface area (Å²) in [6.07, 6.45) is -0.254. The van der Waals surface area contributed by atoms with E-state index in [4.69, 9.17) is 11.6 Å². The molecule has 1 heterocycles. The number of benzene rings is 1. The maximum atomic E-state index is 13.2. The molecule has 1 N–H and O–H groups in total. The Balaban J connectivity index is 2.12. The van der Waals surface area contributed by atoms with Crippen molar-refractivity contribution >= 4 is 38.9 Å². The van der Waals surface area contributed by atoms with Crippen molar-refractivity contribution in [2.75, 3.05) is 0 Å². The van der Waals surface area contributed by atoms with Crippen molar-refractivity contribution < 1.29 is 9.50 Å². The number of hydrogen-bond acceptors (Lipinski definition) is 2. The third kappa shape index (κ3) is 3.28. The molecule has 1 aromatic carbocycles. The molecule has 0 saturated heterocycles. The van der Waals surface area contributed by atoms with E-state index in [2.05, 4.69) is 15.9 Å². The topological polar surface area (TPSA) is 20.2 Å². The summed E-state index contributed by atoms with van der Waals surface area (Å²) in [6.45, 7) is 0. The maximum absolute atomic E-state index is 13.2. The van der Waals surface area contributed by atoms with Gasteiger partial charge in [-0.05, 0) is 50.6 Å². The zero-order valence-electron chi connectivity index (χ0n) is 8.66. The average molecular weight is 336 g/mol. The summed E-state index contributed by atoms with van der Waals surface area (Å²) in [5.74, 6) is -0.456. The van der Waals surface area contributed by atoms with Crippen molar-refractivity contribution in [1.82, 2.24) is 0 Å². The van der Waals surface area contributed by atoms with E-state index in [9.17, 15) is 9.50 Å². The van der Waals surface area contributed by atoms with E-state index in [1.54, 1.807) is 6.07 Å². The van der Waals surface area contributed by atoms with Crippen molar-refractivity contribution in [3.63, 3.8) is 0 Å². The second-order valence-corrected chi connectivity index (χ2v) is 6.35. The minimum atomic E-state index is -0.627. The van der Waals surface area contributed by atoms with E-state index in [-0.39, 0.29) is 5.02 Å². The second-order valence-electron chi connectivity index (χ2n) is 3.65. The van der Waals surface area contributed by atoms with Gasteiger partial charge in [0.15, 0.2) is 0 Å². The molecule has 5 heteroatoms. The summed E-state index contributed by atoms with van der Waals surface area (Å²) in [4.78, 5) is 0. The molecule has 2 aromatic rings. The molecule has 17 heavy (non-hydrogen) atoms. The minimum absolute atomic E-state index is 0.0986. The molecule has 0 spiro atoms. The third-order valence-corrected chi connectivity index (χ3v) is 4.21. The first-order valence-corrected chi connectivity index (χ1v) is 6.97. The highest BCUT2D eigenvalue weighted by molar-refractivity contribution is 9.11. The zero-order chi connectivity index (χ0) is 12.4. The molecular weight excluding hydrogens is 327 g/mol. The van der Waals surface area contributed by atoms with Crippen molar-refractivity contribution in [2.45, 2.75) is 12.5 Å². The summed E-state index contributed by atoms with van der Waals surface area (Å²) in [7, 11) is 0. The Hall–Kier alpha value is -0.420. The minimum Gasteiger partial charge on any atom is -0.388 e. The Labute approximate surface area is 116 Å². The number of hydrogen-bond donors (Lipinski definition) is 1. The number of halogens is 3. The van der Waals surface area contributed by atoms with Gasteiger partial charge in [0.05, 0.1) is 14.9 Å².